The number of rotatable bonds is 3. The summed E-state index contributed by atoms with van der Waals surface area (Å²) in [6.45, 7) is 5.95. The van der Waals surface area contributed by atoms with Crippen molar-refractivity contribution in [2.45, 2.75) is 47.0 Å². The number of carbonyl (C=O) groups excluding carboxylic acids is 3. The minimum absolute atomic E-state index is 0. The number of hydrogen-bond donors (Lipinski definition) is 1. The topological polar surface area (TPSA) is 146 Å². The van der Waals surface area contributed by atoms with Gasteiger partial charge in [-0.1, -0.05) is 19.8 Å². The van der Waals surface area contributed by atoms with Crippen LogP contribution in [0.1, 0.15) is 47.0 Å². The van der Waals surface area contributed by atoms with Gasteiger partial charge in [-0.2, -0.15) is 0 Å². The molecule has 0 aliphatic heterocycles. The van der Waals surface area contributed by atoms with E-state index in [2.05, 4.69) is 6.92 Å². The first-order chi connectivity index (χ1) is 8.11. The van der Waals surface area contributed by atoms with Crippen molar-refractivity contribution in [3.8, 4) is 0 Å². The van der Waals surface area contributed by atoms with Gasteiger partial charge in [-0.25, -0.2) is 0 Å². The summed E-state index contributed by atoms with van der Waals surface area (Å²) in [5.41, 5.74) is 5.21. The molecule has 0 saturated carbocycles. The Bertz CT molecular complexity index is 167. The number of carboxylic acid groups (broad SMARTS) is 3. The standard InChI is InChI=1S/C5H13N.3C2H4O2.Co/c1-2-3-4-5-6;3*1-2(3)4;/h2-6H2,1H3;3*1H3,(H,3,4);/q;;;;+3/p-3. The fourth-order valence-corrected chi connectivity index (χ4v) is 0.394. The summed E-state index contributed by atoms with van der Waals surface area (Å²) in [6, 6.07) is 0. The van der Waals surface area contributed by atoms with Crippen LogP contribution in [0.15, 0.2) is 0 Å². The summed E-state index contributed by atoms with van der Waals surface area (Å²) >= 11 is 0. The fraction of sp³-hybridized carbons (Fsp3) is 0.727. The number of carboxylic acids is 3. The van der Waals surface area contributed by atoms with E-state index in [1.807, 2.05) is 0 Å². The quantitative estimate of drug-likeness (QED) is 0.560. The van der Waals surface area contributed by atoms with Crippen LogP contribution >= 0.6 is 0 Å². The van der Waals surface area contributed by atoms with Gasteiger partial charge < -0.3 is 35.4 Å². The van der Waals surface area contributed by atoms with Crippen LogP contribution in [0.2, 0.25) is 0 Å². The van der Waals surface area contributed by atoms with Gasteiger partial charge in [0.25, 0.3) is 0 Å². The van der Waals surface area contributed by atoms with Crippen molar-refractivity contribution >= 4 is 17.9 Å². The average molecular weight is 323 g/mol. The van der Waals surface area contributed by atoms with E-state index in [0.717, 1.165) is 27.3 Å². The molecule has 0 bridgehead atoms. The molecule has 0 amide bonds. The van der Waals surface area contributed by atoms with Crippen molar-refractivity contribution in [2.75, 3.05) is 6.54 Å². The molecule has 0 fully saturated rings. The van der Waals surface area contributed by atoms with E-state index < -0.39 is 17.9 Å². The number of hydrogen-bond acceptors (Lipinski definition) is 7. The molecular formula is C11H22CoNO6. The van der Waals surface area contributed by atoms with Gasteiger partial charge in [0.2, 0.25) is 0 Å². The normalized spacial score (nSPS) is 6.79. The number of unbranched alkanes of at least 4 members (excludes halogenated alkanes) is 2. The third-order valence-corrected chi connectivity index (χ3v) is 0.808. The maximum atomic E-state index is 8.89. The van der Waals surface area contributed by atoms with Crippen molar-refractivity contribution in [1.29, 1.82) is 0 Å². The van der Waals surface area contributed by atoms with Crippen LogP contribution in [0.5, 0.6) is 0 Å². The summed E-state index contributed by atoms with van der Waals surface area (Å²) in [5.74, 6) is -3.25. The van der Waals surface area contributed by atoms with Gasteiger partial charge in [-0.15, -0.1) is 0 Å². The van der Waals surface area contributed by atoms with E-state index in [9.17, 15) is 0 Å². The predicted molar refractivity (Wildman–Crippen MR) is 60.6 cm³/mol. The fourth-order valence-electron chi connectivity index (χ4n) is 0.394. The Morgan fingerprint density at radius 2 is 1.05 bits per heavy atom. The monoisotopic (exact) mass is 323 g/mol. The van der Waals surface area contributed by atoms with E-state index in [1.165, 1.54) is 19.3 Å². The molecule has 0 atom stereocenters. The van der Waals surface area contributed by atoms with Gasteiger partial charge >= 0.3 is 16.8 Å². The van der Waals surface area contributed by atoms with Gasteiger partial charge in [-0.05, 0) is 33.7 Å². The largest absolute Gasteiger partial charge is 3.00 e. The molecule has 0 unspecified atom stereocenters. The molecular weight excluding hydrogens is 301 g/mol. The van der Waals surface area contributed by atoms with E-state index in [-0.39, 0.29) is 16.8 Å². The molecule has 0 aromatic rings. The van der Waals surface area contributed by atoms with Gasteiger partial charge in [0.15, 0.2) is 0 Å². The van der Waals surface area contributed by atoms with Crippen molar-refractivity contribution in [1.82, 2.24) is 0 Å². The second-order valence-electron chi connectivity index (χ2n) is 2.97. The second kappa shape index (κ2) is 30.2. The molecule has 0 spiro atoms. The first-order valence-corrected chi connectivity index (χ1v) is 5.34. The van der Waals surface area contributed by atoms with Crippen molar-refractivity contribution in [3.05, 3.63) is 0 Å². The maximum Gasteiger partial charge on any atom is 3.00 e. The molecule has 8 heteroatoms. The van der Waals surface area contributed by atoms with E-state index >= 15 is 0 Å². The van der Waals surface area contributed by atoms with Gasteiger partial charge in [-0.3, -0.25) is 0 Å². The molecule has 0 radical (unpaired) electrons. The Hall–Kier alpha value is -1.12. The Labute approximate surface area is 124 Å². The summed E-state index contributed by atoms with van der Waals surface area (Å²) in [4.78, 5) is 26.7. The van der Waals surface area contributed by atoms with Gasteiger partial charge in [0.05, 0.1) is 0 Å². The molecule has 0 rings (SSSR count). The molecule has 116 valence electrons. The summed E-state index contributed by atoms with van der Waals surface area (Å²) in [6.07, 6.45) is 3.75. The minimum Gasteiger partial charge on any atom is -0.550 e. The predicted octanol–water partition coefficient (Wildman–Crippen LogP) is -2.60. The van der Waals surface area contributed by atoms with Crippen LogP contribution in [0.4, 0.5) is 0 Å². The van der Waals surface area contributed by atoms with Crippen molar-refractivity contribution < 1.29 is 46.5 Å². The van der Waals surface area contributed by atoms with E-state index in [1.54, 1.807) is 0 Å². The molecule has 0 aliphatic rings. The first-order valence-electron chi connectivity index (χ1n) is 5.34. The molecule has 0 saturated heterocycles. The molecule has 0 aliphatic carbocycles. The minimum atomic E-state index is -1.08. The van der Waals surface area contributed by atoms with Crippen LogP contribution in [-0.4, -0.2) is 24.5 Å². The molecule has 0 aromatic heterocycles. The Kier molecular flexibility index (Phi) is 48.7. The van der Waals surface area contributed by atoms with Gasteiger partial charge in [0, 0.05) is 17.9 Å². The Balaban J connectivity index is -0.0000000459. The number of aliphatic carboxylic acids is 3. The SMILES string of the molecule is CC(=O)[O-].CC(=O)[O-].CC(=O)[O-].CCCCCN.[Co+3]. The van der Waals surface area contributed by atoms with Crippen LogP contribution in [0.25, 0.3) is 0 Å². The van der Waals surface area contributed by atoms with E-state index in [4.69, 9.17) is 35.4 Å². The Morgan fingerprint density at radius 1 is 0.842 bits per heavy atom. The zero-order valence-corrected chi connectivity index (χ0v) is 12.7. The van der Waals surface area contributed by atoms with Crippen molar-refractivity contribution in [2.24, 2.45) is 5.73 Å². The van der Waals surface area contributed by atoms with E-state index in [0.29, 0.717) is 0 Å². The zero-order chi connectivity index (χ0) is 15.6. The van der Waals surface area contributed by atoms with Crippen LogP contribution in [0, 0.1) is 0 Å². The third-order valence-electron chi connectivity index (χ3n) is 0.808. The smallest absolute Gasteiger partial charge is 0.550 e. The zero-order valence-electron chi connectivity index (χ0n) is 11.7. The molecule has 19 heavy (non-hydrogen) atoms. The summed E-state index contributed by atoms with van der Waals surface area (Å²) in [5, 5.41) is 26.7. The van der Waals surface area contributed by atoms with Crippen LogP contribution in [-0.2, 0) is 31.2 Å². The first kappa shape index (κ1) is 30.7. The summed E-state index contributed by atoms with van der Waals surface area (Å²) < 4.78 is 0. The average Bonchev–Trinajstić information content (AvgIpc) is 2.11. The third kappa shape index (κ3) is 1060. The Morgan fingerprint density at radius 3 is 1.11 bits per heavy atom. The summed E-state index contributed by atoms with van der Waals surface area (Å²) in [7, 11) is 0. The van der Waals surface area contributed by atoms with Gasteiger partial charge in [0.1, 0.15) is 0 Å². The molecule has 0 aromatic carbocycles. The maximum absolute atomic E-state index is 8.89. The number of carbonyl (C=O) groups is 3. The molecule has 7 nitrogen and oxygen atoms in total. The van der Waals surface area contributed by atoms with Crippen molar-refractivity contribution in [3.63, 3.8) is 0 Å². The van der Waals surface area contributed by atoms with Crippen LogP contribution in [0.3, 0.4) is 0 Å². The number of nitrogens with two attached hydrogens (primary N) is 1. The van der Waals surface area contributed by atoms with Crippen LogP contribution < -0.4 is 21.1 Å². The molecule has 0 heterocycles. The molecule has 2 N–H and O–H groups in total. The second-order valence-corrected chi connectivity index (χ2v) is 2.97.